The summed E-state index contributed by atoms with van der Waals surface area (Å²) < 4.78 is 1.81. The van der Waals surface area contributed by atoms with Crippen LogP contribution in [0, 0.1) is 17.2 Å². The first-order valence-corrected chi connectivity index (χ1v) is 7.86. The molecule has 0 radical (unpaired) electrons. The van der Waals surface area contributed by atoms with E-state index < -0.39 is 12.0 Å². The van der Waals surface area contributed by atoms with Crippen LogP contribution in [0.3, 0.4) is 0 Å². The highest BCUT2D eigenvalue weighted by atomic mass is 35.5. The van der Waals surface area contributed by atoms with Gasteiger partial charge in [-0.05, 0) is 17.7 Å². The number of aromatic nitrogens is 1. The van der Waals surface area contributed by atoms with Crippen LogP contribution in [0.5, 0.6) is 0 Å². The van der Waals surface area contributed by atoms with Gasteiger partial charge in [0.05, 0.1) is 12.0 Å². The third kappa shape index (κ3) is 2.96. The van der Waals surface area contributed by atoms with Crippen LogP contribution in [0.2, 0.25) is 5.02 Å². The van der Waals surface area contributed by atoms with E-state index in [4.69, 9.17) is 23.8 Å². The van der Waals surface area contributed by atoms with Gasteiger partial charge in [0.2, 0.25) is 6.04 Å². The van der Waals surface area contributed by atoms with Crippen LogP contribution in [-0.4, -0.2) is 10.9 Å². The van der Waals surface area contributed by atoms with Crippen LogP contribution < -0.4 is 9.88 Å². The van der Waals surface area contributed by atoms with Gasteiger partial charge in [0.25, 0.3) is 5.91 Å². The molecule has 1 aliphatic heterocycles. The summed E-state index contributed by atoms with van der Waals surface area (Å²) in [4.78, 5) is 12.8. The molecular weight excluding hydrogens is 330 g/mol. The number of halogens is 1. The van der Waals surface area contributed by atoms with E-state index in [1.54, 1.807) is 16.7 Å². The van der Waals surface area contributed by atoms with Crippen LogP contribution in [-0.2, 0) is 4.79 Å². The van der Waals surface area contributed by atoms with Crippen molar-refractivity contribution in [3.8, 4) is 6.07 Å². The first kappa shape index (κ1) is 15.6. The van der Waals surface area contributed by atoms with Crippen LogP contribution in [0.15, 0.2) is 54.9 Å². The van der Waals surface area contributed by atoms with Crippen LogP contribution >= 0.6 is 23.8 Å². The Hall–Kier alpha value is -2.29. The largest absolute Gasteiger partial charge is 0.314 e. The average Bonchev–Trinajstić information content (AvgIpc) is 2.56. The zero-order valence-electron chi connectivity index (χ0n) is 12.0. The third-order valence-corrected chi connectivity index (χ3v) is 4.56. The maximum Gasteiger partial charge on any atom is 0.294 e. The second kappa shape index (κ2) is 6.45. The zero-order chi connectivity index (χ0) is 16.4. The molecule has 4 nitrogen and oxygen atoms in total. The Bertz CT molecular complexity index is 786. The standard InChI is InChI=1S/C17H12ClN3OS/c18-12-6-4-11(5-7-12)14-13(10-19)17(23)20-16(22)15(14)21-8-2-1-3-9-21/h1-9,13-15H/p+1/t13?,14-,15+/m0/s1. The van der Waals surface area contributed by atoms with Crippen LogP contribution in [0.1, 0.15) is 17.5 Å². The minimum Gasteiger partial charge on any atom is -0.314 e. The molecule has 1 amide bonds. The Morgan fingerprint density at radius 1 is 1.17 bits per heavy atom. The van der Waals surface area contributed by atoms with Crippen molar-refractivity contribution in [1.29, 1.82) is 5.26 Å². The highest BCUT2D eigenvalue weighted by Gasteiger charge is 2.48. The van der Waals surface area contributed by atoms with Crippen molar-refractivity contribution < 1.29 is 9.36 Å². The Morgan fingerprint density at radius 3 is 2.43 bits per heavy atom. The number of hydrogen-bond acceptors (Lipinski definition) is 3. The maximum absolute atomic E-state index is 12.6. The number of benzene rings is 1. The number of carbonyl (C=O) groups is 1. The Morgan fingerprint density at radius 2 is 1.83 bits per heavy atom. The Labute approximate surface area is 144 Å². The first-order valence-electron chi connectivity index (χ1n) is 7.07. The number of hydrogen-bond donors (Lipinski definition) is 1. The van der Waals surface area contributed by atoms with Gasteiger partial charge in [-0.1, -0.05) is 42.0 Å². The smallest absolute Gasteiger partial charge is 0.294 e. The summed E-state index contributed by atoms with van der Waals surface area (Å²) in [6, 6.07) is 14.5. The molecule has 0 saturated carbocycles. The van der Waals surface area contributed by atoms with Crippen molar-refractivity contribution in [3.05, 3.63) is 65.4 Å². The van der Waals surface area contributed by atoms with E-state index in [1.807, 2.05) is 42.7 Å². The van der Waals surface area contributed by atoms with Gasteiger partial charge in [0, 0.05) is 17.2 Å². The molecule has 1 aromatic carbocycles. The number of nitrogens with one attached hydrogen (secondary N) is 1. The van der Waals surface area contributed by atoms with E-state index >= 15 is 0 Å². The predicted octanol–water partition coefficient (Wildman–Crippen LogP) is 2.55. The highest BCUT2D eigenvalue weighted by molar-refractivity contribution is 7.80. The third-order valence-electron chi connectivity index (χ3n) is 3.95. The lowest BCUT2D eigenvalue weighted by atomic mass is 9.78. The van der Waals surface area contributed by atoms with Crippen LogP contribution in [0.25, 0.3) is 0 Å². The molecule has 2 heterocycles. The molecule has 3 atom stereocenters. The van der Waals surface area contributed by atoms with E-state index in [1.165, 1.54) is 0 Å². The van der Waals surface area contributed by atoms with Crippen molar-refractivity contribution in [1.82, 2.24) is 5.32 Å². The number of amides is 1. The summed E-state index contributed by atoms with van der Waals surface area (Å²) in [7, 11) is 0. The fourth-order valence-electron chi connectivity index (χ4n) is 2.90. The van der Waals surface area contributed by atoms with Crippen molar-refractivity contribution >= 4 is 34.7 Å². The molecule has 1 unspecified atom stereocenters. The van der Waals surface area contributed by atoms with Gasteiger partial charge in [-0.2, -0.15) is 9.83 Å². The van der Waals surface area contributed by atoms with E-state index in [0.29, 0.717) is 5.02 Å². The SMILES string of the molecule is N#CC1C(=S)NC(=O)[C@H]([n+]2ccccc2)[C@H]1c1ccc(Cl)cc1. The van der Waals surface area contributed by atoms with Crippen molar-refractivity contribution in [2.75, 3.05) is 0 Å². The zero-order valence-corrected chi connectivity index (χ0v) is 13.6. The summed E-state index contributed by atoms with van der Waals surface area (Å²) >= 11 is 11.2. The fourth-order valence-corrected chi connectivity index (χ4v) is 3.32. The van der Waals surface area contributed by atoms with Gasteiger partial charge in [-0.25, -0.2) is 0 Å². The number of carbonyl (C=O) groups excluding carboxylic acids is 1. The molecule has 1 fully saturated rings. The summed E-state index contributed by atoms with van der Waals surface area (Å²) in [5.41, 5.74) is 0.861. The quantitative estimate of drug-likeness (QED) is 0.674. The summed E-state index contributed by atoms with van der Waals surface area (Å²) in [6.07, 6.45) is 3.63. The van der Waals surface area contributed by atoms with E-state index in [9.17, 15) is 10.1 Å². The lowest BCUT2D eigenvalue weighted by Gasteiger charge is -2.31. The molecule has 3 rings (SSSR count). The topological polar surface area (TPSA) is 56.8 Å². The normalized spacial score (nSPS) is 23.9. The van der Waals surface area contributed by atoms with Crippen molar-refractivity contribution in [3.63, 3.8) is 0 Å². The number of pyridine rings is 1. The molecule has 0 bridgehead atoms. The molecule has 1 aromatic heterocycles. The second-order valence-electron chi connectivity index (χ2n) is 5.31. The summed E-state index contributed by atoms with van der Waals surface area (Å²) in [5.74, 6) is -1.16. The molecule has 23 heavy (non-hydrogen) atoms. The maximum atomic E-state index is 12.6. The number of thiocarbonyl (C=S) groups is 1. The van der Waals surface area contributed by atoms with Gasteiger partial charge in [0.1, 0.15) is 10.9 Å². The number of piperidine rings is 1. The summed E-state index contributed by atoms with van der Waals surface area (Å²) in [5, 5.41) is 12.8. The molecule has 6 heteroatoms. The number of rotatable bonds is 2. The predicted molar refractivity (Wildman–Crippen MR) is 89.7 cm³/mol. The van der Waals surface area contributed by atoms with E-state index in [-0.39, 0.29) is 16.8 Å². The van der Waals surface area contributed by atoms with E-state index in [2.05, 4.69) is 11.4 Å². The van der Waals surface area contributed by atoms with Crippen molar-refractivity contribution in [2.24, 2.45) is 5.92 Å². The molecule has 0 spiro atoms. The second-order valence-corrected chi connectivity index (χ2v) is 6.18. The lowest BCUT2D eigenvalue weighted by Crippen LogP contribution is -2.58. The molecule has 2 aromatic rings. The lowest BCUT2D eigenvalue weighted by molar-refractivity contribution is -0.713. The number of nitriles is 1. The molecule has 1 aliphatic rings. The van der Waals surface area contributed by atoms with Gasteiger partial charge in [0.15, 0.2) is 12.4 Å². The molecule has 1 N–H and O–H groups in total. The van der Waals surface area contributed by atoms with E-state index in [0.717, 1.165) is 5.56 Å². The summed E-state index contributed by atoms with van der Waals surface area (Å²) in [6.45, 7) is 0. The minimum atomic E-state index is -0.582. The highest BCUT2D eigenvalue weighted by Crippen LogP contribution is 2.36. The fraction of sp³-hybridized carbons (Fsp3) is 0.176. The Kier molecular flexibility index (Phi) is 4.37. The molecule has 1 saturated heterocycles. The van der Waals surface area contributed by atoms with Gasteiger partial charge in [-0.15, -0.1) is 0 Å². The molecule has 0 aliphatic carbocycles. The van der Waals surface area contributed by atoms with Gasteiger partial charge >= 0.3 is 0 Å². The van der Waals surface area contributed by atoms with Crippen LogP contribution in [0.4, 0.5) is 0 Å². The van der Waals surface area contributed by atoms with Gasteiger partial charge in [-0.3, -0.25) is 4.79 Å². The van der Waals surface area contributed by atoms with Gasteiger partial charge < -0.3 is 5.32 Å². The Balaban J connectivity index is 2.13. The molecule has 114 valence electrons. The average molecular weight is 343 g/mol. The molecular formula is C17H13ClN3OS+. The minimum absolute atomic E-state index is 0.211. The monoisotopic (exact) mass is 342 g/mol. The van der Waals surface area contributed by atoms with Crippen molar-refractivity contribution in [2.45, 2.75) is 12.0 Å². The number of nitrogens with zero attached hydrogens (tertiary/aromatic N) is 2. The first-order chi connectivity index (χ1) is 11.1.